The van der Waals surface area contributed by atoms with Gasteiger partial charge in [-0.3, -0.25) is 9.59 Å². The third-order valence-electron chi connectivity index (χ3n) is 5.05. The van der Waals surface area contributed by atoms with Crippen LogP contribution in [0.3, 0.4) is 0 Å². The molecule has 0 saturated carbocycles. The minimum absolute atomic E-state index is 0.0186. The van der Waals surface area contributed by atoms with E-state index in [-0.39, 0.29) is 5.41 Å². The van der Waals surface area contributed by atoms with E-state index in [0.29, 0.717) is 12.1 Å². The largest absolute Gasteiger partial charge is 0.480 e. The van der Waals surface area contributed by atoms with E-state index in [4.69, 9.17) is 10.1 Å². The number of nitrogens with zero attached hydrogens (tertiary/aromatic N) is 2. The van der Waals surface area contributed by atoms with Crippen LogP contribution in [0, 0.1) is 0 Å². The highest BCUT2D eigenvalue weighted by Crippen LogP contribution is 2.30. The van der Waals surface area contributed by atoms with Gasteiger partial charge in [0.1, 0.15) is 6.04 Å². The van der Waals surface area contributed by atoms with Gasteiger partial charge in [0, 0.05) is 29.4 Å². The average molecular weight is 452 g/mol. The summed E-state index contributed by atoms with van der Waals surface area (Å²) in [5, 5.41) is 14.5. The van der Waals surface area contributed by atoms with Crippen LogP contribution in [-0.2, 0) is 23.3 Å². The molecule has 0 aliphatic rings. The van der Waals surface area contributed by atoms with Crippen LogP contribution in [0.1, 0.15) is 54.9 Å². The molecule has 0 radical (unpaired) electrons. The molecule has 0 fully saturated rings. The minimum atomic E-state index is -1.07. The molecule has 0 spiro atoms. The SMILES string of the molecule is CC(NC(=O)c1ccc(CN(Cc2ccccc2)c2nc(C(C)(C)C)cs2)cc1)C(=O)O. The number of carbonyl (C=O) groups is 2. The topological polar surface area (TPSA) is 82.5 Å². The van der Waals surface area contributed by atoms with E-state index in [2.05, 4.69) is 48.5 Å². The van der Waals surface area contributed by atoms with Crippen LogP contribution < -0.4 is 10.2 Å². The number of hydrogen-bond acceptors (Lipinski definition) is 5. The molecule has 6 nitrogen and oxygen atoms in total. The summed E-state index contributed by atoms with van der Waals surface area (Å²) in [6.45, 7) is 9.26. The fraction of sp³-hybridized carbons (Fsp3) is 0.320. The molecule has 0 aliphatic heterocycles. The molecule has 2 N–H and O–H groups in total. The lowest BCUT2D eigenvalue weighted by Gasteiger charge is -2.23. The van der Waals surface area contributed by atoms with E-state index in [1.54, 1.807) is 23.5 Å². The zero-order valence-corrected chi connectivity index (χ0v) is 19.6. The Hall–Kier alpha value is -3.19. The Labute approximate surface area is 192 Å². The molecule has 0 saturated heterocycles. The summed E-state index contributed by atoms with van der Waals surface area (Å²) >= 11 is 1.64. The van der Waals surface area contributed by atoms with Crippen molar-refractivity contribution in [3.05, 3.63) is 82.4 Å². The van der Waals surface area contributed by atoms with Crippen LogP contribution >= 0.6 is 11.3 Å². The lowest BCUT2D eigenvalue weighted by molar-refractivity contribution is -0.138. The smallest absolute Gasteiger partial charge is 0.325 e. The predicted octanol–water partition coefficient (Wildman–Crippen LogP) is 4.85. The number of aliphatic carboxylic acids is 1. The number of benzene rings is 2. The van der Waals surface area contributed by atoms with Crippen molar-refractivity contribution < 1.29 is 14.7 Å². The standard InChI is InChI=1S/C25H29N3O3S/c1-17(23(30)31)26-22(29)20-12-10-19(11-13-20)15-28(14-18-8-6-5-7-9-18)24-27-21(16-32-24)25(2,3)4/h5-13,16-17H,14-15H2,1-4H3,(H,26,29)(H,30,31). The Morgan fingerprint density at radius 1 is 1.03 bits per heavy atom. The predicted molar refractivity (Wildman–Crippen MR) is 128 cm³/mol. The molecule has 1 amide bonds. The van der Waals surface area contributed by atoms with E-state index in [1.807, 2.05) is 30.3 Å². The van der Waals surface area contributed by atoms with Crippen LogP contribution in [0.4, 0.5) is 5.13 Å². The van der Waals surface area contributed by atoms with Gasteiger partial charge in [-0.15, -0.1) is 11.3 Å². The molecule has 0 aliphatic carbocycles. The fourth-order valence-electron chi connectivity index (χ4n) is 3.07. The maximum Gasteiger partial charge on any atom is 0.325 e. The molecule has 3 rings (SSSR count). The zero-order valence-electron chi connectivity index (χ0n) is 18.8. The quantitative estimate of drug-likeness (QED) is 0.512. The van der Waals surface area contributed by atoms with Crippen molar-refractivity contribution in [2.24, 2.45) is 0 Å². The second-order valence-corrected chi connectivity index (χ2v) is 9.67. The van der Waals surface area contributed by atoms with Gasteiger partial charge < -0.3 is 15.3 Å². The normalized spacial score (nSPS) is 12.2. The summed E-state index contributed by atoms with van der Waals surface area (Å²) in [7, 11) is 0. The molecule has 3 aromatic rings. The first-order chi connectivity index (χ1) is 15.1. The van der Waals surface area contributed by atoms with E-state index >= 15 is 0 Å². The first kappa shape index (κ1) is 23.5. The monoisotopic (exact) mass is 451 g/mol. The van der Waals surface area contributed by atoms with E-state index < -0.39 is 17.9 Å². The van der Waals surface area contributed by atoms with Gasteiger partial charge in [0.15, 0.2) is 5.13 Å². The summed E-state index contributed by atoms with van der Waals surface area (Å²) < 4.78 is 0. The van der Waals surface area contributed by atoms with Crippen molar-refractivity contribution in [2.45, 2.75) is 52.2 Å². The van der Waals surface area contributed by atoms with Gasteiger partial charge in [0.05, 0.1) is 5.69 Å². The van der Waals surface area contributed by atoms with Crippen molar-refractivity contribution >= 4 is 28.3 Å². The molecule has 0 bridgehead atoms. The molecule has 1 aromatic heterocycles. The lowest BCUT2D eigenvalue weighted by atomic mass is 9.93. The van der Waals surface area contributed by atoms with E-state index in [1.165, 1.54) is 12.5 Å². The molecule has 1 unspecified atom stereocenters. The number of thiazole rings is 1. The molecular formula is C25H29N3O3S. The molecule has 168 valence electrons. The van der Waals surface area contributed by atoms with E-state index in [0.717, 1.165) is 22.9 Å². The van der Waals surface area contributed by atoms with Gasteiger partial charge in [-0.2, -0.15) is 0 Å². The van der Waals surface area contributed by atoms with Gasteiger partial charge in [-0.05, 0) is 30.2 Å². The highest BCUT2D eigenvalue weighted by atomic mass is 32.1. The van der Waals surface area contributed by atoms with Crippen molar-refractivity contribution in [1.82, 2.24) is 10.3 Å². The Bertz CT molecular complexity index is 1060. The molecule has 7 heteroatoms. The number of anilines is 1. The Morgan fingerprint density at radius 2 is 1.62 bits per heavy atom. The second-order valence-electron chi connectivity index (χ2n) is 8.84. The van der Waals surface area contributed by atoms with Gasteiger partial charge in [-0.1, -0.05) is 63.2 Å². The summed E-state index contributed by atoms with van der Waals surface area (Å²) in [5.41, 5.74) is 3.71. The number of carboxylic acid groups (broad SMARTS) is 1. The maximum atomic E-state index is 12.3. The highest BCUT2D eigenvalue weighted by Gasteiger charge is 2.20. The summed E-state index contributed by atoms with van der Waals surface area (Å²) in [4.78, 5) is 30.4. The van der Waals surface area contributed by atoms with Gasteiger partial charge in [-0.25, -0.2) is 4.98 Å². The number of rotatable bonds is 8. The first-order valence-corrected chi connectivity index (χ1v) is 11.4. The van der Waals surface area contributed by atoms with Gasteiger partial charge in [0.25, 0.3) is 5.91 Å². The molecule has 1 heterocycles. The van der Waals surface area contributed by atoms with Crippen molar-refractivity contribution in [3.63, 3.8) is 0 Å². The van der Waals surface area contributed by atoms with Crippen LogP contribution in [0.25, 0.3) is 0 Å². The molecular weight excluding hydrogens is 422 g/mol. The van der Waals surface area contributed by atoms with Crippen LogP contribution in [0.15, 0.2) is 60.0 Å². The summed E-state index contributed by atoms with van der Waals surface area (Å²) in [6.07, 6.45) is 0. The van der Waals surface area contributed by atoms with E-state index in [9.17, 15) is 9.59 Å². The number of amides is 1. The summed E-state index contributed by atoms with van der Waals surface area (Å²) in [6, 6.07) is 16.6. The zero-order chi connectivity index (χ0) is 23.3. The second kappa shape index (κ2) is 9.96. The molecule has 2 aromatic carbocycles. The number of carbonyl (C=O) groups excluding carboxylic acids is 1. The van der Waals surface area contributed by atoms with Crippen molar-refractivity contribution in [3.8, 4) is 0 Å². The number of aromatic nitrogens is 1. The fourth-order valence-corrected chi connectivity index (χ4v) is 4.13. The van der Waals surface area contributed by atoms with Gasteiger partial charge in [0.2, 0.25) is 0 Å². The Kier molecular flexibility index (Phi) is 7.30. The molecule has 1 atom stereocenters. The third kappa shape index (κ3) is 6.17. The Balaban J connectivity index is 1.79. The summed E-state index contributed by atoms with van der Waals surface area (Å²) in [5.74, 6) is -1.47. The number of hydrogen-bond donors (Lipinski definition) is 2. The molecule has 32 heavy (non-hydrogen) atoms. The Morgan fingerprint density at radius 3 is 2.16 bits per heavy atom. The average Bonchev–Trinajstić information content (AvgIpc) is 3.25. The third-order valence-corrected chi connectivity index (χ3v) is 5.96. The van der Waals surface area contributed by atoms with Gasteiger partial charge >= 0.3 is 5.97 Å². The van der Waals surface area contributed by atoms with Crippen LogP contribution in [0.5, 0.6) is 0 Å². The lowest BCUT2D eigenvalue weighted by Crippen LogP contribution is -2.38. The first-order valence-electron chi connectivity index (χ1n) is 10.5. The maximum absolute atomic E-state index is 12.3. The van der Waals surface area contributed by atoms with Crippen molar-refractivity contribution in [2.75, 3.05) is 4.90 Å². The van der Waals surface area contributed by atoms with Crippen molar-refractivity contribution in [1.29, 1.82) is 0 Å². The number of carboxylic acids is 1. The van der Waals surface area contributed by atoms with Crippen LogP contribution in [0.2, 0.25) is 0 Å². The highest BCUT2D eigenvalue weighted by molar-refractivity contribution is 7.13. The minimum Gasteiger partial charge on any atom is -0.480 e. The number of nitrogens with one attached hydrogen (secondary N) is 1. The van der Waals surface area contributed by atoms with Crippen LogP contribution in [-0.4, -0.2) is 28.0 Å².